The molecule has 244 valence electrons. The Morgan fingerprint density at radius 3 is 2.42 bits per heavy atom. The predicted molar refractivity (Wildman–Crippen MR) is 149 cm³/mol. The first-order valence-corrected chi connectivity index (χ1v) is 15.8. The maximum absolute atomic E-state index is 14.4. The standard InChI is InChI=1S/C33H40O12/c1-16(2)23(37)42-33-24(38)27(4)15-31(33)28(5,18(27)12-20(34)39-7)30-10-9-26(3,22(36)17-8-11-40-14-17)19-13-21(35)41-25(33)32(19,30)45-29(6,43-30)44-31/h8,11,14,16,18-19,24-25,38H,9-10,12-13,15H2,1-7H3. The second kappa shape index (κ2) is 8.18. The van der Waals surface area contributed by atoms with Crippen LogP contribution in [0.25, 0.3) is 0 Å². The Labute approximate surface area is 260 Å². The summed E-state index contributed by atoms with van der Waals surface area (Å²) >= 11 is 0. The Morgan fingerprint density at radius 1 is 1.07 bits per heavy atom. The van der Waals surface area contributed by atoms with E-state index in [1.54, 1.807) is 26.8 Å². The maximum atomic E-state index is 14.4. The molecule has 1 N–H and O–H groups in total. The molecule has 3 aliphatic heterocycles. The monoisotopic (exact) mass is 628 g/mol. The molecule has 0 aromatic carbocycles. The third-order valence-electron chi connectivity index (χ3n) is 13.5. The number of fused-ring (bicyclic) bond motifs is 3. The van der Waals surface area contributed by atoms with Gasteiger partial charge in [0.25, 0.3) is 5.97 Å². The van der Waals surface area contributed by atoms with E-state index in [9.17, 15) is 24.3 Å². The highest BCUT2D eigenvalue weighted by Gasteiger charge is 3.04. The van der Waals surface area contributed by atoms with E-state index >= 15 is 0 Å². The van der Waals surface area contributed by atoms with Crippen molar-refractivity contribution in [1.29, 1.82) is 0 Å². The molecule has 0 amide bonds. The topological polar surface area (TPSA) is 157 Å². The van der Waals surface area contributed by atoms with Gasteiger partial charge in [0.05, 0.1) is 31.3 Å². The second-order valence-electron chi connectivity index (χ2n) is 15.5. The zero-order valence-corrected chi connectivity index (χ0v) is 26.6. The lowest BCUT2D eigenvalue weighted by Gasteiger charge is -2.77. The van der Waals surface area contributed by atoms with Crippen molar-refractivity contribution in [2.24, 2.45) is 34.0 Å². The van der Waals surface area contributed by atoms with Crippen molar-refractivity contribution in [3.05, 3.63) is 24.2 Å². The highest BCUT2D eigenvalue weighted by molar-refractivity contribution is 6.01. The van der Waals surface area contributed by atoms with E-state index in [0.717, 1.165) is 0 Å². The normalized spacial score (nSPS) is 52.9. The van der Waals surface area contributed by atoms with Gasteiger partial charge in [-0.25, -0.2) is 0 Å². The quantitative estimate of drug-likeness (QED) is 0.279. The molecule has 1 aromatic heterocycles. The van der Waals surface area contributed by atoms with Crippen molar-refractivity contribution in [2.75, 3.05) is 7.11 Å². The number of carbonyl (C=O) groups excluding carboxylic acids is 4. The number of aliphatic hydroxyl groups is 1. The van der Waals surface area contributed by atoms with Crippen LogP contribution in [-0.4, -0.2) is 76.5 Å². The molecule has 8 rings (SSSR count). The molecular formula is C33H40O12. The highest BCUT2D eigenvalue weighted by Crippen LogP contribution is 2.90. The van der Waals surface area contributed by atoms with Crippen LogP contribution in [0.2, 0.25) is 0 Å². The molecule has 1 aromatic rings. The second-order valence-corrected chi connectivity index (χ2v) is 15.5. The summed E-state index contributed by atoms with van der Waals surface area (Å²) in [6.45, 7) is 10.7. The van der Waals surface area contributed by atoms with E-state index in [1.807, 2.05) is 20.8 Å². The number of methoxy groups -OCH3 is 1. The number of hydrogen-bond acceptors (Lipinski definition) is 12. The maximum Gasteiger partial charge on any atom is 0.309 e. The first kappa shape index (κ1) is 29.6. The smallest absolute Gasteiger partial charge is 0.309 e. The lowest BCUT2D eigenvalue weighted by molar-refractivity contribution is -0.478. The molecule has 12 heteroatoms. The number of hydrogen-bond donors (Lipinski definition) is 1. The van der Waals surface area contributed by atoms with Gasteiger partial charge in [-0.15, -0.1) is 0 Å². The summed E-state index contributed by atoms with van der Waals surface area (Å²) in [7, 11) is 1.32. The molecule has 0 radical (unpaired) electrons. The van der Waals surface area contributed by atoms with Crippen molar-refractivity contribution in [1.82, 2.24) is 0 Å². The van der Waals surface area contributed by atoms with Crippen LogP contribution in [0.4, 0.5) is 0 Å². The Balaban J connectivity index is 1.46. The Hall–Kier alpha value is -2.80. The van der Waals surface area contributed by atoms with Crippen molar-refractivity contribution in [2.45, 2.75) is 114 Å². The molecule has 4 heterocycles. The Bertz CT molecular complexity index is 1550. The molecule has 7 fully saturated rings. The van der Waals surface area contributed by atoms with Gasteiger partial charge in [-0.1, -0.05) is 34.6 Å². The third-order valence-corrected chi connectivity index (χ3v) is 13.5. The average Bonchev–Trinajstić information content (AvgIpc) is 3.67. The van der Waals surface area contributed by atoms with Gasteiger partial charge in [0.15, 0.2) is 11.9 Å². The fourth-order valence-electron chi connectivity index (χ4n) is 12.0. The van der Waals surface area contributed by atoms with Gasteiger partial charge >= 0.3 is 17.9 Å². The highest BCUT2D eigenvalue weighted by atomic mass is 16.9. The molecular weight excluding hydrogens is 588 g/mol. The lowest BCUT2D eigenvalue weighted by atomic mass is 9.33. The third kappa shape index (κ3) is 2.73. The predicted octanol–water partition coefficient (Wildman–Crippen LogP) is 3.08. The van der Waals surface area contributed by atoms with Crippen molar-refractivity contribution >= 4 is 23.7 Å². The van der Waals surface area contributed by atoms with E-state index < -0.39 is 92.5 Å². The van der Waals surface area contributed by atoms with Crippen LogP contribution in [0.15, 0.2) is 23.0 Å². The number of carbonyl (C=O) groups is 4. The van der Waals surface area contributed by atoms with Crippen LogP contribution in [0.1, 0.15) is 84.0 Å². The largest absolute Gasteiger partial charge is 0.472 e. The van der Waals surface area contributed by atoms with Crippen LogP contribution in [0, 0.1) is 34.0 Å². The average molecular weight is 629 g/mol. The minimum Gasteiger partial charge on any atom is -0.472 e. The van der Waals surface area contributed by atoms with Gasteiger partial charge in [0, 0.05) is 35.5 Å². The molecule has 12 atom stereocenters. The van der Waals surface area contributed by atoms with E-state index in [1.165, 1.54) is 19.6 Å². The van der Waals surface area contributed by atoms with E-state index in [4.69, 9.17) is 32.8 Å². The summed E-state index contributed by atoms with van der Waals surface area (Å²) in [5.41, 5.74) is -9.37. The van der Waals surface area contributed by atoms with Crippen LogP contribution in [0.5, 0.6) is 0 Å². The molecule has 45 heavy (non-hydrogen) atoms. The number of rotatable bonds is 6. The van der Waals surface area contributed by atoms with Gasteiger partial charge in [-0.05, 0) is 31.2 Å². The van der Waals surface area contributed by atoms with E-state index in [2.05, 4.69) is 0 Å². The fourth-order valence-corrected chi connectivity index (χ4v) is 12.0. The summed E-state index contributed by atoms with van der Waals surface area (Å²) in [6.07, 6.45) is 0.493. The zero-order chi connectivity index (χ0) is 32.4. The van der Waals surface area contributed by atoms with Gasteiger partial charge in [0.1, 0.15) is 29.2 Å². The minimum atomic E-state index is -1.94. The number of aliphatic hydroxyl groups excluding tert-OH is 1. The number of ether oxygens (including phenoxy) is 6. The molecule has 4 aliphatic carbocycles. The summed E-state index contributed by atoms with van der Waals surface area (Å²) in [5.74, 6) is -5.67. The van der Waals surface area contributed by atoms with Crippen LogP contribution < -0.4 is 0 Å². The first-order chi connectivity index (χ1) is 21.0. The minimum absolute atomic E-state index is 0.0713. The summed E-state index contributed by atoms with van der Waals surface area (Å²) in [4.78, 5) is 55.0. The number of ketones is 1. The van der Waals surface area contributed by atoms with Gasteiger partial charge in [-0.3, -0.25) is 19.2 Å². The molecule has 3 saturated heterocycles. The summed E-state index contributed by atoms with van der Waals surface area (Å²) in [5, 5.41) is 12.7. The number of esters is 3. The molecule has 12 unspecified atom stereocenters. The van der Waals surface area contributed by atoms with Crippen molar-refractivity contribution in [3.8, 4) is 0 Å². The SMILES string of the molecule is COC(=O)CC1C2(C)CC34OC5(C)OC67C(CC(=O)OC6C3(OC(=O)C(C)C)C2O)C(C)(C(=O)c2ccoc2)CCC7(O5)C14C. The molecule has 4 bridgehead atoms. The molecule has 3 spiro atoms. The van der Waals surface area contributed by atoms with E-state index in [-0.39, 0.29) is 31.5 Å². The van der Waals surface area contributed by atoms with Crippen molar-refractivity contribution in [3.63, 3.8) is 0 Å². The van der Waals surface area contributed by atoms with Crippen molar-refractivity contribution < 1.29 is 57.1 Å². The zero-order valence-electron chi connectivity index (χ0n) is 26.6. The van der Waals surface area contributed by atoms with Gasteiger partial charge < -0.3 is 37.9 Å². The Kier molecular flexibility index (Phi) is 5.38. The molecule has 12 nitrogen and oxygen atoms in total. The van der Waals surface area contributed by atoms with Gasteiger partial charge in [-0.2, -0.15) is 0 Å². The Morgan fingerprint density at radius 2 is 1.78 bits per heavy atom. The number of Topliss-reactive ketones (excluding diaryl/α,β-unsaturated/α-hetero) is 1. The van der Waals surface area contributed by atoms with Gasteiger partial charge in [0.2, 0.25) is 5.60 Å². The van der Waals surface area contributed by atoms with Crippen LogP contribution >= 0.6 is 0 Å². The molecule has 4 saturated carbocycles. The first-order valence-electron chi connectivity index (χ1n) is 15.8. The van der Waals surface area contributed by atoms with E-state index in [0.29, 0.717) is 12.0 Å². The summed E-state index contributed by atoms with van der Waals surface area (Å²) < 4.78 is 44.3. The summed E-state index contributed by atoms with van der Waals surface area (Å²) in [6, 6.07) is 1.59. The fraction of sp³-hybridized carbons (Fsp3) is 0.758. The number of furan rings is 1. The van der Waals surface area contributed by atoms with Crippen LogP contribution in [-0.2, 0) is 42.8 Å². The molecule has 7 aliphatic rings. The lowest BCUT2D eigenvalue weighted by Crippen LogP contribution is -2.94. The van der Waals surface area contributed by atoms with Crippen LogP contribution in [0.3, 0.4) is 0 Å².